The van der Waals surface area contributed by atoms with Crippen LogP contribution in [0.15, 0.2) is 12.3 Å². The summed E-state index contributed by atoms with van der Waals surface area (Å²) in [5.41, 5.74) is 1.69. The molecule has 1 aromatic rings. The minimum atomic E-state index is 0.0700. The lowest BCUT2D eigenvalue weighted by atomic mass is 10.2. The van der Waals surface area contributed by atoms with Gasteiger partial charge in [0, 0.05) is 22.9 Å². The molecule has 1 saturated heterocycles. The van der Waals surface area contributed by atoms with Crippen molar-refractivity contribution in [3.63, 3.8) is 0 Å². The number of nitrogens with zero attached hydrogens (tertiary/aromatic N) is 2. The Balaban J connectivity index is 2.26. The van der Waals surface area contributed by atoms with Crippen LogP contribution in [0, 0.1) is 10.5 Å². The first-order chi connectivity index (χ1) is 6.68. The predicted octanol–water partition coefficient (Wildman–Crippen LogP) is 1.84. The van der Waals surface area contributed by atoms with Crippen LogP contribution in [0.3, 0.4) is 0 Å². The van der Waals surface area contributed by atoms with Crippen molar-refractivity contribution >= 4 is 28.5 Å². The Morgan fingerprint density at radius 2 is 2.29 bits per heavy atom. The normalized spacial score (nSPS) is 15.1. The molecule has 0 N–H and O–H groups in total. The van der Waals surface area contributed by atoms with Gasteiger partial charge in [-0.25, -0.2) is 4.98 Å². The van der Waals surface area contributed by atoms with Gasteiger partial charge in [-0.3, -0.25) is 4.79 Å². The first kappa shape index (κ1) is 9.89. The fourth-order valence-electron chi connectivity index (χ4n) is 1.36. The van der Waals surface area contributed by atoms with Gasteiger partial charge < -0.3 is 4.90 Å². The highest BCUT2D eigenvalue weighted by Crippen LogP contribution is 2.16. The highest BCUT2D eigenvalue weighted by Gasteiger charge is 2.24. The molecule has 74 valence electrons. The largest absolute Gasteiger partial charge is 0.337 e. The number of hydrogen-bond donors (Lipinski definition) is 0. The van der Waals surface area contributed by atoms with E-state index in [2.05, 4.69) is 27.6 Å². The fraction of sp³-hybridized carbons (Fsp3) is 0.400. The van der Waals surface area contributed by atoms with E-state index in [-0.39, 0.29) is 5.91 Å². The van der Waals surface area contributed by atoms with E-state index in [1.165, 1.54) is 0 Å². The molecule has 1 aliphatic heterocycles. The summed E-state index contributed by atoms with van der Waals surface area (Å²) >= 11 is 2.17. The monoisotopic (exact) mass is 302 g/mol. The molecular formula is C10H11IN2O. The molecule has 1 aromatic heterocycles. The molecule has 2 rings (SSSR count). The molecule has 1 amide bonds. The Labute approximate surface area is 96.7 Å². The van der Waals surface area contributed by atoms with Crippen LogP contribution in [0.25, 0.3) is 0 Å². The Morgan fingerprint density at radius 1 is 1.57 bits per heavy atom. The summed E-state index contributed by atoms with van der Waals surface area (Å²) in [6, 6.07) is 1.99. The van der Waals surface area contributed by atoms with E-state index in [4.69, 9.17) is 0 Å². The van der Waals surface area contributed by atoms with Gasteiger partial charge in [-0.2, -0.15) is 0 Å². The van der Waals surface area contributed by atoms with Crippen LogP contribution in [0.1, 0.15) is 22.5 Å². The molecule has 0 saturated carbocycles. The van der Waals surface area contributed by atoms with Gasteiger partial charge in [-0.05, 0) is 47.6 Å². The van der Waals surface area contributed by atoms with Gasteiger partial charge in [0.2, 0.25) is 0 Å². The van der Waals surface area contributed by atoms with Gasteiger partial charge in [-0.1, -0.05) is 0 Å². The first-order valence-corrected chi connectivity index (χ1v) is 5.68. The Kier molecular flexibility index (Phi) is 2.71. The lowest BCUT2D eigenvalue weighted by molar-refractivity contribution is 0.0644. The number of pyridine rings is 1. The molecule has 0 radical (unpaired) electrons. The van der Waals surface area contributed by atoms with Crippen LogP contribution in [-0.2, 0) is 0 Å². The average molecular weight is 302 g/mol. The zero-order chi connectivity index (χ0) is 10.1. The van der Waals surface area contributed by atoms with E-state index < -0.39 is 0 Å². The van der Waals surface area contributed by atoms with Crippen LogP contribution in [0.5, 0.6) is 0 Å². The minimum Gasteiger partial charge on any atom is -0.337 e. The quantitative estimate of drug-likeness (QED) is 0.742. The number of likely N-dealkylation sites (tertiary alicyclic amines) is 1. The highest BCUT2D eigenvalue weighted by molar-refractivity contribution is 14.1. The van der Waals surface area contributed by atoms with Gasteiger partial charge in [0.25, 0.3) is 5.91 Å². The minimum absolute atomic E-state index is 0.0700. The standard InChI is InChI=1S/C10H11IN2O/c1-7-5-8(11)9(12-6-7)10(14)13-3-2-4-13/h5-6H,2-4H2,1H3. The number of halogens is 1. The lowest BCUT2D eigenvalue weighted by Crippen LogP contribution is -2.42. The van der Waals surface area contributed by atoms with Crippen LogP contribution >= 0.6 is 22.6 Å². The Bertz CT molecular complexity index is 374. The van der Waals surface area contributed by atoms with Crippen molar-refractivity contribution in [3.05, 3.63) is 27.1 Å². The zero-order valence-electron chi connectivity index (χ0n) is 7.96. The third kappa shape index (κ3) is 1.75. The highest BCUT2D eigenvalue weighted by atomic mass is 127. The summed E-state index contributed by atoms with van der Waals surface area (Å²) in [7, 11) is 0. The van der Waals surface area contributed by atoms with Gasteiger partial charge in [-0.15, -0.1) is 0 Å². The second-order valence-corrected chi connectivity index (χ2v) is 4.65. The maximum absolute atomic E-state index is 11.8. The van der Waals surface area contributed by atoms with Crippen molar-refractivity contribution in [2.24, 2.45) is 0 Å². The number of aromatic nitrogens is 1. The topological polar surface area (TPSA) is 33.2 Å². The number of aryl methyl sites for hydroxylation is 1. The molecule has 14 heavy (non-hydrogen) atoms. The average Bonchev–Trinajstić information content (AvgIpc) is 2.00. The summed E-state index contributed by atoms with van der Waals surface area (Å²) in [6.45, 7) is 3.74. The number of rotatable bonds is 1. The van der Waals surface area contributed by atoms with Gasteiger partial charge in [0.15, 0.2) is 0 Å². The molecule has 0 bridgehead atoms. The number of amides is 1. The van der Waals surface area contributed by atoms with Crippen molar-refractivity contribution < 1.29 is 4.79 Å². The number of carbonyl (C=O) groups excluding carboxylic acids is 1. The first-order valence-electron chi connectivity index (χ1n) is 4.60. The smallest absolute Gasteiger partial charge is 0.273 e. The Morgan fingerprint density at radius 3 is 2.79 bits per heavy atom. The van der Waals surface area contributed by atoms with E-state index in [0.29, 0.717) is 5.69 Å². The molecule has 0 spiro atoms. The summed E-state index contributed by atoms with van der Waals surface area (Å²) in [6.07, 6.45) is 2.86. The summed E-state index contributed by atoms with van der Waals surface area (Å²) in [5, 5.41) is 0. The molecular weight excluding hydrogens is 291 g/mol. The molecule has 1 fully saturated rings. The van der Waals surface area contributed by atoms with E-state index in [0.717, 1.165) is 28.6 Å². The summed E-state index contributed by atoms with van der Waals surface area (Å²) in [4.78, 5) is 17.8. The SMILES string of the molecule is Cc1cnc(C(=O)N2CCC2)c(I)c1. The molecule has 2 heterocycles. The van der Waals surface area contributed by atoms with Gasteiger partial charge in [0.05, 0.1) is 0 Å². The molecule has 3 nitrogen and oxygen atoms in total. The second kappa shape index (κ2) is 3.84. The van der Waals surface area contributed by atoms with Gasteiger partial charge >= 0.3 is 0 Å². The van der Waals surface area contributed by atoms with Crippen molar-refractivity contribution in [1.29, 1.82) is 0 Å². The number of carbonyl (C=O) groups is 1. The van der Waals surface area contributed by atoms with Crippen molar-refractivity contribution in [1.82, 2.24) is 9.88 Å². The van der Waals surface area contributed by atoms with E-state index in [1.54, 1.807) is 6.20 Å². The van der Waals surface area contributed by atoms with Crippen LogP contribution in [0.2, 0.25) is 0 Å². The van der Waals surface area contributed by atoms with Crippen molar-refractivity contribution in [2.75, 3.05) is 13.1 Å². The van der Waals surface area contributed by atoms with Crippen LogP contribution < -0.4 is 0 Å². The third-order valence-corrected chi connectivity index (χ3v) is 3.15. The molecule has 0 aromatic carbocycles. The van der Waals surface area contributed by atoms with E-state index in [9.17, 15) is 4.79 Å². The third-order valence-electron chi connectivity index (χ3n) is 2.32. The molecule has 0 unspecified atom stereocenters. The van der Waals surface area contributed by atoms with E-state index >= 15 is 0 Å². The Hall–Kier alpha value is -0.650. The molecule has 1 aliphatic rings. The summed E-state index contributed by atoms with van der Waals surface area (Å²) < 4.78 is 0.944. The molecule has 0 aliphatic carbocycles. The van der Waals surface area contributed by atoms with Crippen molar-refractivity contribution in [2.45, 2.75) is 13.3 Å². The maximum atomic E-state index is 11.8. The molecule has 4 heteroatoms. The lowest BCUT2D eigenvalue weighted by Gasteiger charge is -2.30. The number of hydrogen-bond acceptors (Lipinski definition) is 2. The fourth-order valence-corrected chi connectivity index (χ4v) is 2.22. The predicted molar refractivity (Wildman–Crippen MR) is 62.2 cm³/mol. The zero-order valence-corrected chi connectivity index (χ0v) is 10.1. The maximum Gasteiger partial charge on any atom is 0.273 e. The second-order valence-electron chi connectivity index (χ2n) is 3.49. The summed E-state index contributed by atoms with van der Waals surface area (Å²) in [5.74, 6) is 0.0700. The van der Waals surface area contributed by atoms with Gasteiger partial charge in [0.1, 0.15) is 5.69 Å². The van der Waals surface area contributed by atoms with Crippen molar-refractivity contribution in [3.8, 4) is 0 Å². The van der Waals surface area contributed by atoms with Crippen LogP contribution in [0.4, 0.5) is 0 Å². The van der Waals surface area contributed by atoms with E-state index in [1.807, 2.05) is 17.9 Å². The van der Waals surface area contributed by atoms with Crippen LogP contribution in [-0.4, -0.2) is 28.9 Å². The molecule has 0 atom stereocenters.